The molecule has 0 rings (SSSR count). The standard InChI is InChI=1S/C16H30O5/c1-2-3-4-5-6-7-8-9-10-11-12-14(13-17)21-16(20)15(18)19/h14,17H,2-13H2,1H3,(H,18,19). The van der Waals surface area contributed by atoms with Crippen molar-refractivity contribution in [2.75, 3.05) is 6.61 Å². The fraction of sp³-hybridized carbons (Fsp3) is 0.875. The predicted octanol–water partition coefficient (Wildman–Crippen LogP) is 3.29. The minimum atomic E-state index is -1.61. The van der Waals surface area contributed by atoms with Gasteiger partial charge in [-0.25, -0.2) is 9.59 Å². The third-order valence-corrected chi connectivity index (χ3v) is 3.53. The number of unbranched alkanes of at least 4 members (excludes halogenated alkanes) is 9. The fourth-order valence-corrected chi connectivity index (χ4v) is 2.25. The van der Waals surface area contributed by atoms with Gasteiger partial charge in [0.15, 0.2) is 0 Å². The van der Waals surface area contributed by atoms with E-state index in [9.17, 15) is 9.59 Å². The number of hydrogen-bond acceptors (Lipinski definition) is 4. The van der Waals surface area contributed by atoms with Gasteiger partial charge in [-0.1, -0.05) is 64.7 Å². The van der Waals surface area contributed by atoms with Gasteiger partial charge in [0.25, 0.3) is 0 Å². The zero-order valence-electron chi connectivity index (χ0n) is 13.2. The number of aliphatic hydroxyl groups excluding tert-OH is 1. The summed E-state index contributed by atoms with van der Waals surface area (Å²) in [7, 11) is 0. The number of aliphatic carboxylic acids is 1. The number of carbonyl (C=O) groups excluding carboxylic acids is 1. The molecule has 0 aliphatic carbocycles. The molecule has 1 atom stereocenters. The maximum atomic E-state index is 10.9. The Labute approximate surface area is 127 Å². The van der Waals surface area contributed by atoms with Crippen LogP contribution < -0.4 is 0 Å². The first-order chi connectivity index (χ1) is 10.1. The lowest BCUT2D eigenvalue weighted by Gasteiger charge is -2.13. The van der Waals surface area contributed by atoms with E-state index < -0.39 is 18.0 Å². The summed E-state index contributed by atoms with van der Waals surface area (Å²) in [5.41, 5.74) is 0. The summed E-state index contributed by atoms with van der Waals surface area (Å²) < 4.78 is 4.66. The minimum Gasteiger partial charge on any atom is -0.473 e. The van der Waals surface area contributed by atoms with Crippen LogP contribution in [0.3, 0.4) is 0 Å². The molecule has 0 aromatic carbocycles. The van der Waals surface area contributed by atoms with Crippen molar-refractivity contribution in [2.45, 2.75) is 83.7 Å². The van der Waals surface area contributed by atoms with E-state index in [0.29, 0.717) is 6.42 Å². The fourth-order valence-electron chi connectivity index (χ4n) is 2.25. The molecule has 0 aromatic rings. The van der Waals surface area contributed by atoms with Crippen LogP contribution >= 0.6 is 0 Å². The molecule has 0 saturated carbocycles. The van der Waals surface area contributed by atoms with Crippen molar-refractivity contribution >= 4 is 11.9 Å². The van der Waals surface area contributed by atoms with Crippen LogP contribution in [0.4, 0.5) is 0 Å². The highest BCUT2D eigenvalue weighted by Gasteiger charge is 2.18. The normalized spacial score (nSPS) is 12.1. The third-order valence-electron chi connectivity index (χ3n) is 3.53. The topological polar surface area (TPSA) is 83.8 Å². The highest BCUT2D eigenvalue weighted by molar-refractivity contribution is 6.28. The Morgan fingerprint density at radius 1 is 0.905 bits per heavy atom. The van der Waals surface area contributed by atoms with Gasteiger partial charge >= 0.3 is 11.9 Å². The molecule has 0 amide bonds. The molecule has 1 unspecified atom stereocenters. The molecule has 0 radical (unpaired) electrons. The van der Waals surface area contributed by atoms with Crippen LogP contribution in [0.2, 0.25) is 0 Å². The van der Waals surface area contributed by atoms with Crippen molar-refractivity contribution in [1.29, 1.82) is 0 Å². The maximum Gasteiger partial charge on any atom is 0.417 e. The zero-order valence-corrected chi connectivity index (χ0v) is 13.2. The molecule has 0 spiro atoms. The molecule has 2 N–H and O–H groups in total. The second-order valence-corrected chi connectivity index (χ2v) is 5.49. The summed E-state index contributed by atoms with van der Waals surface area (Å²) in [6.07, 6.45) is 11.9. The lowest BCUT2D eigenvalue weighted by Crippen LogP contribution is -2.26. The van der Waals surface area contributed by atoms with Crippen LogP contribution in [0.5, 0.6) is 0 Å². The molecular formula is C16H30O5. The molecule has 0 aliphatic rings. The van der Waals surface area contributed by atoms with Gasteiger partial charge in [0.2, 0.25) is 0 Å². The van der Waals surface area contributed by atoms with E-state index in [1.165, 1.54) is 44.9 Å². The van der Waals surface area contributed by atoms with E-state index in [2.05, 4.69) is 11.7 Å². The molecule has 124 valence electrons. The number of carboxylic acids is 1. The van der Waals surface area contributed by atoms with E-state index in [4.69, 9.17) is 10.2 Å². The van der Waals surface area contributed by atoms with E-state index in [1.807, 2.05) is 0 Å². The number of hydrogen-bond donors (Lipinski definition) is 2. The minimum absolute atomic E-state index is 0.323. The Bertz CT molecular complexity index is 278. The Balaban J connectivity index is 3.43. The molecule has 0 bridgehead atoms. The van der Waals surface area contributed by atoms with Crippen molar-refractivity contribution in [3.05, 3.63) is 0 Å². The smallest absolute Gasteiger partial charge is 0.417 e. The molecular weight excluding hydrogens is 272 g/mol. The first-order valence-corrected chi connectivity index (χ1v) is 8.16. The Kier molecular flexibility index (Phi) is 13.1. The van der Waals surface area contributed by atoms with Crippen LogP contribution in [0.15, 0.2) is 0 Å². The first-order valence-electron chi connectivity index (χ1n) is 8.16. The van der Waals surface area contributed by atoms with Gasteiger partial charge in [-0.05, 0) is 12.8 Å². The second kappa shape index (κ2) is 13.9. The van der Waals surface area contributed by atoms with E-state index in [0.717, 1.165) is 19.3 Å². The molecule has 5 nitrogen and oxygen atoms in total. The van der Waals surface area contributed by atoms with E-state index in [-0.39, 0.29) is 6.61 Å². The average molecular weight is 302 g/mol. The monoisotopic (exact) mass is 302 g/mol. The molecule has 0 fully saturated rings. The van der Waals surface area contributed by atoms with Crippen LogP contribution in [0.1, 0.15) is 77.6 Å². The van der Waals surface area contributed by atoms with Gasteiger partial charge < -0.3 is 14.9 Å². The largest absolute Gasteiger partial charge is 0.473 e. The van der Waals surface area contributed by atoms with Gasteiger partial charge in [0, 0.05) is 0 Å². The maximum absolute atomic E-state index is 10.9. The SMILES string of the molecule is CCCCCCCCCCCCC(CO)OC(=O)C(=O)O. The summed E-state index contributed by atoms with van der Waals surface area (Å²) in [6, 6.07) is 0. The van der Waals surface area contributed by atoms with Crippen molar-refractivity contribution in [3.63, 3.8) is 0 Å². The number of aliphatic hydroxyl groups is 1. The van der Waals surface area contributed by atoms with E-state index >= 15 is 0 Å². The molecule has 0 saturated heterocycles. The number of carbonyl (C=O) groups is 2. The summed E-state index contributed by atoms with van der Waals surface area (Å²) in [4.78, 5) is 21.2. The van der Waals surface area contributed by atoms with Gasteiger partial charge in [-0.15, -0.1) is 0 Å². The highest BCUT2D eigenvalue weighted by atomic mass is 16.6. The Morgan fingerprint density at radius 3 is 1.81 bits per heavy atom. The summed E-state index contributed by atoms with van der Waals surface area (Å²) >= 11 is 0. The highest BCUT2D eigenvalue weighted by Crippen LogP contribution is 2.12. The van der Waals surface area contributed by atoms with Gasteiger partial charge in [-0.2, -0.15) is 0 Å². The molecule has 0 aromatic heterocycles. The van der Waals surface area contributed by atoms with Crippen molar-refractivity contribution < 1.29 is 24.5 Å². The van der Waals surface area contributed by atoms with Crippen molar-refractivity contribution in [2.24, 2.45) is 0 Å². The molecule has 0 heterocycles. The Hall–Kier alpha value is -1.10. The van der Waals surface area contributed by atoms with Crippen LogP contribution in [-0.4, -0.2) is 34.9 Å². The molecule has 21 heavy (non-hydrogen) atoms. The third kappa shape index (κ3) is 12.4. The van der Waals surface area contributed by atoms with Crippen molar-refractivity contribution in [1.82, 2.24) is 0 Å². The van der Waals surface area contributed by atoms with Crippen LogP contribution in [0, 0.1) is 0 Å². The lowest BCUT2D eigenvalue weighted by molar-refractivity contribution is -0.168. The Morgan fingerprint density at radius 2 is 1.38 bits per heavy atom. The number of ether oxygens (including phenoxy) is 1. The van der Waals surface area contributed by atoms with Gasteiger partial charge in [-0.3, -0.25) is 0 Å². The summed E-state index contributed by atoms with van der Waals surface area (Å²) in [5, 5.41) is 17.4. The predicted molar refractivity (Wildman–Crippen MR) is 81.1 cm³/mol. The number of esters is 1. The lowest BCUT2D eigenvalue weighted by atomic mass is 10.0. The summed E-state index contributed by atoms with van der Waals surface area (Å²) in [5.74, 6) is -2.90. The van der Waals surface area contributed by atoms with Gasteiger partial charge in [0.05, 0.1) is 6.61 Å². The quantitative estimate of drug-likeness (QED) is 0.310. The van der Waals surface area contributed by atoms with Crippen LogP contribution in [-0.2, 0) is 14.3 Å². The first kappa shape index (κ1) is 19.9. The van der Waals surface area contributed by atoms with Gasteiger partial charge in [0.1, 0.15) is 6.10 Å². The summed E-state index contributed by atoms with van der Waals surface area (Å²) in [6.45, 7) is 1.89. The number of carboxylic acid groups (broad SMARTS) is 1. The molecule has 0 aliphatic heterocycles. The number of rotatable bonds is 13. The van der Waals surface area contributed by atoms with Crippen LogP contribution in [0.25, 0.3) is 0 Å². The zero-order chi connectivity index (χ0) is 15.9. The molecule has 5 heteroatoms. The second-order valence-electron chi connectivity index (χ2n) is 5.49. The van der Waals surface area contributed by atoms with Crippen molar-refractivity contribution in [3.8, 4) is 0 Å². The average Bonchev–Trinajstić information content (AvgIpc) is 2.47. The van der Waals surface area contributed by atoms with E-state index in [1.54, 1.807) is 0 Å².